The van der Waals surface area contributed by atoms with E-state index in [1.54, 1.807) is 13.8 Å². The van der Waals surface area contributed by atoms with Crippen molar-refractivity contribution in [3.63, 3.8) is 0 Å². The van der Waals surface area contributed by atoms with Crippen molar-refractivity contribution in [2.24, 2.45) is 10.1 Å². The highest BCUT2D eigenvalue weighted by Crippen LogP contribution is 2.36. The van der Waals surface area contributed by atoms with Crippen molar-refractivity contribution in [3.8, 4) is 6.07 Å². The minimum atomic E-state index is -3.66. The third-order valence-electron chi connectivity index (χ3n) is 4.59. The average molecular weight is 482 g/mol. The first-order valence-electron chi connectivity index (χ1n) is 9.89. The molecule has 0 aliphatic heterocycles. The summed E-state index contributed by atoms with van der Waals surface area (Å²) in [5, 5.41) is 28.1. The van der Waals surface area contributed by atoms with Crippen LogP contribution >= 0.6 is 11.3 Å². The summed E-state index contributed by atoms with van der Waals surface area (Å²) >= 11 is 0.969. The molecule has 8 nitrogen and oxygen atoms in total. The van der Waals surface area contributed by atoms with Crippen molar-refractivity contribution < 1.29 is 18.5 Å². The third kappa shape index (κ3) is 5.63. The number of amides is 2. The SMILES string of the molecule is CC(C)c1cc(C#N)c(F)c(C(C)C)c1NC(=O)/N=C/[SH](N)(=O)c1cnc(C(C)(C)O)s1. The smallest absolute Gasteiger partial charge is 0.345 e. The Balaban J connectivity index is 2.39. The van der Waals surface area contributed by atoms with Gasteiger partial charge in [0.1, 0.15) is 26.7 Å². The Morgan fingerprint density at radius 3 is 2.50 bits per heavy atom. The van der Waals surface area contributed by atoms with E-state index in [2.05, 4.69) is 15.3 Å². The quantitative estimate of drug-likeness (QED) is 0.279. The van der Waals surface area contributed by atoms with E-state index in [4.69, 9.17) is 5.14 Å². The molecular formula is C21H28FN5O3S2. The fourth-order valence-corrected chi connectivity index (χ4v) is 5.22. The van der Waals surface area contributed by atoms with Gasteiger partial charge in [0, 0.05) is 15.7 Å². The fraction of sp³-hybridized carbons (Fsp3) is 0.429. The molecule has 0 aliphatic carbocycles. The van der Waals surface area contributed by atoms with Gasteiger partial charge in [-0.1, -0.05) is 27.7 Å². The number of benzene rings is 1. The zero-order valence-electron chi connectivity index (χ0n) is 18.8. The molecule has 0 atom stereocenters. The number of thiol groups is 1. The van der Waals surface area contributed by atoms with Crippen molar-refractivity contribution in [1.82, 2.24) is 4.98 Å². The third-order valence-corrected chi connectivity index (χ3v) is 8.10. The number of aromatic nitrogens is 1. The molecule has 0 aliphatic rings. The van der Waals surface area contributed by atoms with E-state index in [9.17, 15) is 23.8 Å². The fourth-order valence-electron chi connectivity index (χ4n) is 2.96. The zero-order valence-corrected chi connectivity index (χ0v) is 20.5. The van der Waals surface area contributed by atoms with Crippen LogP contribution in [0, 0.1) is 17.1 Å². The molecule has 0 radical (unpaired) electrons. The Kier molecular flexibility index (Phi) is 7.67. The molecule has 0 bridgehead atoms. The van der Waals surface area contributed by atoms with Gasteiger partial charge in [0.15, 0.2) is 0 Å². The summed E-state index contributed by atoms with van der Waals surface area (Å²) in [7, 11) is -3.66. The van der Waals surface area contributed by atoms with Gasteiger partial charge in [-0.25, -0.2) is 14.2 Å². The predicted octanol–water partition coefficient (Wildman–Crippen LogP) is 4.14. The predicted molar refractivity (Wildman–Crippen MR) is 126 cm³/mol. The number of nitrogens with two attached hydrogens (primary N) is 1. The van der Waals surface area contributed by atoms with Crippen molar-refractivity contribution >= 4 is 38.7 Å². The maximum absolute atomic E-state index is 14.9. The molecule has 11 heteroatoms. The highest BCUT2D eigenvalue weighted by Gasteiger charge is 2.25. The van der Waals surface area contributed by atoms with Crippen LogP contribution in [0.5, 0.6) is 0 Å². The van der Waals surface area contributed by atoms with Crippen LogP contribution < -0.4 is 10.5 Å². The second-order valence-electron chi connectivity index (χ2n) is 8.48. The summed E-state index contributed by atoms with van der Waals surface area (Å²) in [4.78, 5) is 20.2. The minimum Gasteiger partial charge on any atom is -0.383 e. The number of rotatable bonds is 6. The summed E-state index contributed by atoms with van der Waals surface area (Å²) in [6, 6.07) is 2.38. The van der Waals surface area contributed by atoms with Crippen molar-refractivity contribution in [3.05, 3.63) is 39.8 Å². The molecule has 0 unspecified atom stereocenters. The lowest BCUT2D eigenvalue weighted by Gasteiger charge is -2.21. The van der Waals surface area contributed by atoms with Crippen LogP contribution in [0.1, 0.15) is 75.1 Å². The molecule has 0 spiro atoms. The van der Waals surface area contributed by atoms with E-state index in [0.717, 1.165) is 16.9 Å². The monoisotopic (exact) mass is 481 g/mol. The van der Waals surface area contributed by atoms with Crippen LogP contribution in [0.4, 0.5) is 14.9 Å². The molecule has 0 fully saturated rings. The Labute approximate surface area is 192 Å². The van der Waals surface area contributed by atoms with E-state index in [1.165, 1.54) is 26.1 Å². The molecule has 0 saturated carbocycles. The standard InChI is InChI=1S/C21H28FN5O3S2/c1-11(2)14-7-13(8-23)17(22)16(12(3)4)18(14)27-20(28)26-10-32(24,30)15-9-25-19(31-15)21(5,6)29/h7,9-12,29,32H,1-6H3,(H2,24,30)(H,27,28)/b26-10+. The molecular weight excluding hydrogens is 453 g/mol. The summed E-state index contributed by atoms with van der Waals surface area (Å²) in [5.41, 5.74) is 0.555. The van der Waals surface area contributed by atoms with E-state index in [1.807, 2.05) is 19.9 Å². The van der Waals surface area contributed by atoms with Crippen LogP contribution in [0.2, 0.25) is 0 Å². The number of anilines is 1. The lowest BCUT2D eigenvalue weighted by molar-refractivity contribution is 0.0783. The van der Waals surface area contributed by atoms with Gasteiger partial charge in [-0.05, 0) is 37.3 Å². The van der Waals surface area contributed by atoms with Gasteiger partial charge >= 0.3 is 6.03 Å². The highest BCUT2D eigenvalue weighted by atomic mass is 32.3. The minimum absolute atomic E-state index is 0.0989. The second-order valence-corrected chi connectivity index (χ2v) is 11.9. The maximum Gasteiger partial charge on any atom is 0.345 e. The number of nitrogens with one attached hydrogen (secondary N) is 1. The molecule has 1 aromatic carbocycles. The maximum atomic E-state index is 14.9. The molecule has 2 rings (SSSR count). The highest BCUT2D eigenvalue weighted by molar-refractivity contribution is 8.14. The van der Waals surface area contributed by atoms with Crippen molar-refractivity contribution in [2.75, 3.05) is 5.32 Å². The summed E-state index contributed by atoms with van der Waals surface area (Å²) in [6.07, 6.45) is 1.28. The number of nitriles is 1. The van der Waals surface area contributed by atoms with E-state index in [0.29, 0.717) is 10.6 Å². The van der Waals surface area contributed by atoms with Gasteiger partial charge in [-0.3, -0.25) is 9.35 Å². The summed E-state index contributed by atoms with van der Waals surface area (Å²) in [6.45, 7) is 10.3. The molecule has 0 saturated heterocycles. The number of aliphatic imine (C=N–C) groups is 1. The molecule has 32 heavy (non-hydrogen) atoms. The lowest BCUT2D eigenvalue weighted by atomic mass is 9.90. The number of halogens is 1. The number of carbonyl (C=O) groups is 1. The number of nitrogens with zero attached hydrogens (tertiary/aromatic N) is 3. The zero-order chi connectivity index (χ0) is 24.4. The molecule has 4 N–H and O–H groups in total. The largest absolute Gasteiger partial charge is 0.383 e. The summed E-state index contributed by atoms with van der Waals surface area (Å²) in [5.74, 6) is -1.13. The Morgan fingerprint density at radius 1 is 1.41 bits per heavy atom. The van der Waals surface area contributed by atoms with Gasteiger partial charge in [0.25, 0.3) is 0 Å². The lowest BCUT2D eigenvalue weighted by Crippen LogP contribution is -2.25. The van der Waals surface area contributed by atoms with Gasteiger partial charge in [0.05, 0.1) is 23.0 Å². The van der Waals surface area contributed by atoms with Crippen molar-refractivity contribution in [1.29, 1.82) is 5.26 Å². The topological polar surface area (TPSA) is 141 Å². The first-order valence-corrected chi connectivity index (χ1v) is 12.5. The number of aliphatic hydroxyl groups is 1. The normalized spacial score (nSPS) is 13.1. The van der Waals surface area contributed by atoms with Crippen LogP contribution in [0.3, 0.4) is 0 Å². The number of hydrogen-bond acceptors (Lipinski definition) is 6. The summed E-state index contributed by atoms with van der Waals surface area (Å²) < 4.78 is 27.9. The Morgan fingerprint density at radius 2 is 2.03 bits per heavy atom. The van der Waals surface area contributed by atoms with Gasteiger partial charge < -0.3 is 10.4 Å². The van der Waals surface area contributed by atoms with Crippen LogP contribution in [-0.2, 0) is 15.7 Å². The molecule has 1 heterocycles. The molecule has 1 aromatic heterocycles. The average Bonchev–Trinajstić information content (AvgIpc) is 3.18. The van der Waals surface area contributed by atoms with E-state index in [-0.39, 0.29) is 32.9 Å². The number of carbonyl (C=O) groups excluding carboxylic acids is 1. The van der Waals surface area contributed by atoms with Crippen LogP contribution in [0.25, 0.3) is 0 Å². The molecule has 2 amide bonds. The Hall–Kier alpha value is -2.52. The first kappa shape index (κ1) is 25.7. The number of thiazole rings is 1. The van der Waals surface area contributed by atoms with E-state index >= 15 is 0 Å². The second kappa shape index (κ2) is 9.54. The van der Waals surface area contributed by atoms with Gasteiger partial charge in [-0.2, -0.15) is 10.3 Å². The van der Waals surface area contributed by atoms with Crippen molar-refractivity contribution in [2.45, 2.75) is 63.2 Å². The number of hydrogen-bond donors (Lipinski definition) is 4. The Bertz CT molecular complexity index is 1140. The van der Waals surface area contributed by atoms with Gasteiger partial charge in [0.2, 0.25) is 0 Å². The molecule has 2 aromatic rings. The van der Waals surface area contributed by atoms with Crippen LogP contribution in [-0.4, -0.2) is 25.9 Å². The van der Waals surface area contributed by atoms with E-state index < -0.39 is 27.6 Å². The van der Waals surface area contributed by atoms with Crippen LogP contribution in [0.15, 0.2) is 21.5 Å². The van der Waals surface area contributed by atoms with Gasteiger partial charge in [-0.15, -0.1) is 11.3 Å². The molecule has 174 valence electrons. The number of urea groups is 1. The first-order chi connectivity index (χ1) is 14.7.